The molecule has 104 valence electrons. The van der Waals surface area contributed by atoms with E-state index in [1.54, 1.807) is 0 Å². The van der Waals surface area contributed by atoms with Gasteiger partial charge >= 0.3 is 5.97 Å². The van der Waals surface area contributed by atoms with Gasteiger partial charge in [-0.05, 0) is 12.5 Å². The molecule has 0 spiro atoms. The first-order valence-electron chi connectivity index (χ1n) is 5.42. The highest BCUT2D eigenvalue weighted by molar-refractivity contribution is 7.91. The number of nitrogens with zero attached hydrogens (tertiary/aromatic N) is 1. The first-order chi connectivity index (χ1) is 8.79. The van der Waals surface area contributed by atoms with Crippen molar-refractivity contribution < 1.29 is 23.1 Å². The summed E-state index contributed by atoms with van der Waals surface area (Å²) in [5.41, 5.74) is 0.222. The lowest BCUT2D eigenvalue weighted by Crippen LogP contribution is -2.29. The van der Waals surface area contributed by atoms with Crippen LogP contribution in [0.25, 0.3) is 0 Å². The summed E-state index contributed by atoms with van der Waals surface area (Å²) in [4.78, 5) is 24.3. The Morgan fingerprint density at radius 1 is 1.47 bits per heavy atom. The van der Waals surface area contributed by atoms with Crippen LogP contribution in [0.3, 0.4) is 0 Å². The quantitative estimate of drug-likeness (QED) is 0.811. The minimum Gasteiger partial charge on any atom is -0.481 e. The SMILES string of the molecule is NS(=O)(=O)c1cc(C(=O)N2CCC(C(=O)O)C2)cs1. The lowest BCUT2D eigenvalue weighted by molar-refractivity contribution is -0.141. The van der Waals surface area contributed by atoms with E-state index < -0.39 is 21.9 Å². The Hall–Kier alpha value is -1.45. The molecule has 1 aliphatic heterocycles. The molecule has 3 N–H and O–H groups in total. The second-order valence-corrected chi connectivity index (χ2v) is 6.97. The Labute approximate surface area is 113 Å². The average molecular weight is 304 g/mol. The van der Waals surface area contributed by atoms with Gasteiger partial charge in [-0.1, -0.05) is 0 Å². The minimum atomic E-state index is -3.81. The van der Waals surface area contributed by atoms with E-state index in [0.717, 1.165) is 11.3 Å². The standard InChI is InChI=1S/C10H12N2O5S2/c11-19(16,17)8-3-7(5-18-8)9(13)12-2-1-6(4-12)10(14)15/h3,5-6H,1-2,4H2,(H,14,15)(H2,11,16,17). The summed E-state index contributed by atoms with van der Waals surface area (Å²) in [6, 6.07) is 1.22. The fourth-order valence-corrected chi connectivity index (χ4v) is 3.49. The zero-order valence-corrected chi connectivity index (χ0v) is 11.4. The van der Waals surface area contributed by atoms with E-state index in [4.69, 9.17) is 10.2 Å². The Morgan fingerprint density at radius 3 is 2.63 bits per heavy atom. The summed E-state index contributed by atoms with van der Waals surface area (Å²) in [6.45, 7) is 0.505. The van der Waals surface area contributed by atoms with Gasteiger partial charge in [-0.3, -0.25) is 9.59 Å². The minimum absolute atomic E-state index is 0.0789. The molecule has 0 radical (unpaired) electrons. The number of carboxylic acid groups (broad SMARTS) is 1. The molecule has 0 aliphatic carbocycles. The van der Waals surface area contributed by atoms with Crippen molar-refractivity contribution in [3.05, 3.63) is 17.0 Å². The first-order valence-corrected chi connectivity index (χ1v) is 7.85. The molecule has 1 aromatic heterocycles. The number of likely N-dealkylation sites (tertiary alicyclic amines) is 1. The third kappa shape index (κ3) is 2.94. The number of hydrogen-bond acceptors (Lipinski definition) is 5. The number of hydrogen-bond donors (Lipinski definition) is 2. The zero-order valence-electron chi connectivity index (χ0n) is 9.77. The van der Waals surface area contributed by atoms with Gasteiger partial charge in [0.15, 0.2) is 0 Å². The first kappa shape index (κ1) is 14.0. The molecule has 2 rings (SSSR count). The highest BCUT2D eigenvalue weighted by Crippen LogP contribution is 2.23. The monoisotopic (exact) mass is 304 g/mol. The molecule has 1 aliphatic rings. The predicted molar refractivity (Wildman–Crippen MR) is 67.3 cm³/mol. The second kappa shape index (κ2) is 4.91. The second-order valence-electron chi connectivity index (χ2n) is 4.27. The molecule has 19 heavy (non-hydrogen) atoms. The smallest absolute Gasteiger partial charge is 0.308 e. The topological polar surface area (TPSA) is 118 Å². The van der Waals surface area contributed by atoms with E-state index >= 15 is 0 Å². The molecule has 1 amide bonds. The van der Waals surface area contributed by atoms with Crippen molar-refractivity contribution in [1.82, 2.24) is 4.90 Å². The summed E-state index contributed by atoms with van der Waals surface area (Å²) < 4.78 is 22.2. The highest BCUT2D eigenvalue weighted by atomic mass is 32.2. The van der Waals surface area contributed by atoms with Gasteiger partial charge in [-0.25, -0.2) is 13.6 Å². The van der Waals surface area contributed by atoms with E-state index in [9.17, 15) is 18.0 Å². The van der Waals surface area contributed by atoms with Gasteiger partial charge in [-0.15, -0.1) is 11.3 Å². The van der Waals surface area contributed by atoms with Crippen LogP contribution in [0.1, 0.15) is 16.8 Å². The number of nitrogens with two attached hydrogens (primary N) is 1. The van der Waals surface area contributed by atoms with Crippen molar-refractivity contribution >= 4 is 33.2 Å². The van der Waals surface area contributed by atoms with Gasteiger partial charge in [0, 0.05) is 18.5 Å². The number of carbonyl (C=O) groups is 2. The fourth-order valence-electron chi connectivity index (χ4n) is 1.91. The summed E-state index contributed by atoms with van der Waals surface area (Å²) in [6.07, 6.45) is 0.410. The van der Waals surface area contributed by atoms with Crippen LogP contribution in [0.5, 0.6) is 0 Å². The zero-order chi connectivity index (χ0) is 14.2. The number of thiophene rings is 1. The molecule has 9 heteroatoms. The third-order valence-corrected chi connectivity index (χ3v) is 5.31. The molecule has 2 heterocycles. The number of rotatable bonds is 3. The normalized spacial score (nSPS) is 19.6. The van der Waals surface area contributed by atoms with Gasteiger partial charge < -0.3 is 10.0 Å². The van der Waals surface area contributed by atoms with Crippen LogP contribution in [0, 0.1) is 5.92 Å². The predicted octanol–water partition coefficient (Wildman–Crippen LogP) is -0.0578. The summed E-state index contributed by atoms with van der Waals surface area (Å²) in [5.74, 6) is -1.85. The van der Waals surface area contributed by atoms with Crippen molar-refractivity contribution in [2.45, 2.75) is 10.6 Å². The van der Waals surface area contributed by atoms with E-state index in [0.29, 0.717) is 13.0 Å². The van der Waals surface area contributed by atoms with Crippen LogP contribution in [0.15, 0.2) is 15.7 Å². The van der Waals surface area contributed by atoms with Crippen molar-refractivity contribution in [3.8, 4) is 0 Å². The molecule has 1 fully saturated rings. The van der Waals surface area contributed by atoms with Crippen LogP contribution >= 0.6 is 11.3 Å². The lowest BCUT2D eigenvalue weighted by Gasteiger charge is -2.14. The number of primary sulfonamides is 1. The number of aliphatic carboxylic acids is 1. The average Bonchev–Trinajstić information content (AvgIpc) is 2.97. The number of sulfonamides is 1. The van der Waals surface area contributed by atoms with Crippen LogP contribution < -0.4 is 5.14 Å². The fraction of sp³-hybridized carbons (Fsp3) is 0.400. The van der Waals surface area contributed by atoms with E-state index in [1.165, 1.54) is 16.3 Å². The molecule has 1 aromatic rings. The van der Waals surface area contributed by atoms with Crippen LogP contribution in [-0.4, -0.2) is 43.4 Å². The molecule has 7 nitrogen and oxygen atoms in total. The van der Waals surface area contributed by atoms with Crippen LogP contribution in [0.4, 0.5) is 0 Å². The molecule has 0 saturated carbocycles. The summed E-state index contributed by atoms with van der Waals surface area (Å²) in [7, 11) is -3.81. The molecule has 1 saturated heterocycles. The van der Waals surface area contributed by atoms with Gasteiger partial charge in [0.2, 0.25) is 10.0 Å². The van der Waals surface area contributed by atoms with Crippen LogP contribution in [-0.2, 0) is 14.8 Å². The Morgan fingerprint density at radius 2 is 2.16 bits per heavy atom. The van der Waals surface area contributed by atoms with Gasteiger partial charge in [-0.2, -0.15) is 0 Å². The molecule has 1 unspecified atom stereocenters. The molecular formula is C10H12N2O5S2. The molecule has 0 aromatic carbocycles. The molecular weight excluding hydrogens is 292 g/mol. The maximum atomic E-state index is 12.1. The maximum Gasteiger partial charge on any atom is 0.308 e. The van der Waals surface area contributed by atoms with E-state index in [1.807, 2.05) is 0 Å². The Balaban J connectivity index is 2.13. The number of carbonyl (C=O) groups excluding carboxylic acids is 1. The number of carboxylic acids is 1. The summed E-state index contributed by atoms with van der Waals surface area (Å²) >= 11 is 0.874. The largest absolute Gasteiger partial charge is 0.481 e. The highest BCUT2D eigenvalue weighted by Gasteiger charge is 2.31. The summed E-state index contributed by atoms with van der Waals surface area (Å²) in [5, 5.41) is 15.2. The van der Waals surface area contributed by atoms with Crippen molar-refractivity contribution in [3.63, 3.8) is 0 Å². The van der Waals surface area contributed by atoms with Gasteiger partial charge in [0.25, 0.3) is 5.91 Å². The number of amides is 1. The Bertz CT molecular complexity index is 622. The van der Waals surface area contributed by atoms with Crippen molar-refractivity contribution in [1.29, 1.82) is 0 Å². The lowest BCUT2D eigenvalue weighted by atomic mass is 10.1. The Kier molecular flexibility index (Phi) is 3.61. The van der Waals surface area contributed by atoms with Crippen LogP contribution in [0.2, 0.25) is 0 Å². The van der Waals surface area contributed by atoms with Gasteiger partial charge in [0.05, 0.1) is 11.5 Å². The maximum absolute atomic E-state index is 12.1. The molecule has 0 bridgehead atoms. The molecule has 1 atom stereocenters. The van der Waals surface area contributed by atoms with E-state index in [2.05, 4.69) is 0 Å². The third-order valence-electron chi connectivity index (χ3n) is 2.93. The van der Waals surface area contributed by atoms with E-state index in [-0.39, 0.29) is 22.2 Å². The van der Waals surface area contributed by atoms with Crippen molar-refractivity contribution in [2.24, 2.45) is 11.1 Å². The van der Waals surface area contributed by atoms with Crippen molar-refractivity contribution in [2.75, 3.05) is 13.1 Å². The van der Waals surface area contributed by atoms with Gasteiger partial charge in [0.1, 0.15) is 4.21 Å².